The number of thioether (sulfide) groups is 1. The van der Waals surface area contributed by atoms with Crippen LogP contribution in [0.4, 0.5) is 5.69 Å². The quantitative estimate of drug-likeness (QED) is 0.598. The summed E-state index contributed by atoms with van der Waals surface area (Å²) in [5, 5.41) is 3.04. The smallest absolute Gasteiger partial charge is 0.339 e. The minimum Gasteiger partial charge on any atom is -0.465 e. The highest BCUT2D eigenvalue weighted by atomic mass is 35.5. The molecule has 1 aromatic heterocycles. The highest BCUT2D eigenvalue weighted by Crippen LogP contribution is 2.21. The standard InChI is InChI=1S/C17H17ClN2O3S/c1-23-17(22)14-10-12(5-6-15(14)18)20-16(21)7-9-24-11-13-4-2-3-8-19-13/h2-6,8,10H,7,9,11H2,1H3,(H,20,21). The molecule has 1 N–H and O–H groups in total. The zero-order valence-electron chi connectivity index (χ0n) is 13.1. The van der Waals surface area contributed by atoms with Crippen LogP contribution in [-0.4, -0.2) is 29.7 Å². The van der Waals surface area contributed by atoms with E-state index in [-0.39, 0.29) is 16.5 Å². The van der Waals surface area contributed by atoms with Gasteiger partial charge in [-0.05, 0) is 30.3 Å². The summed E-state index contributed by atoms with van der Waals surface area (Å²) in [6, 6.07) is 10.5. The first-order valence-electron chi connectivity index (χ1n) is 7.25. The third-order valence-electron chi connectivity index (χ3n) is 3.10. The lowest BCUT2D eigenvalue weighted by Gasteiger charge is -2.08. The molecule has 24 heavy (non-hydrogen) atoms. The minimum atomic E-state index is -0.540. The van der Waals surface area contributed by atoms with Gasteiger partial charge in [0.15, 0.2) is 0 Å². The molecular formula is C17H17ClN2O3S. The molecule has 0 saturated heterocycles. The van der Waals surface area contributed by atoms with Crippen molar-refractivity contribution in [3.05, 3.63) is 58.9 Å². The summed E-state index contributed by atoms with van der Waals surface area (Å²) in [7, 11) is 1.28. The van der Waals surface area contributed by atoms with E-state index in [9.17, 15) is 9.59 Å². The predicted molar refractivity (Wildman–Crippen MR) is 96.4 cm³/mol. The molecule has 0 aliphatic heterocycles. The fourth-order valence-corrected chi connectivity index (χ4v) is 2.97. The van der Waals surface area contributed by atoms with E-state index in [0.717, 1.165) is 11.4 Å². The van der Waals surface area contributed by atoms with Gasteiger partial charge in [0.25, 0.3) is 0 Å². The molecule has 0 atom stereocenters. The van der Waals surface area contributed by atoms with Crippen LogP contribution >= 0.6 is 23.4 Å². The number of ether oxygens (including phenoxy) is 1. The summed E-state index contributed by atoms with van der Waals surface area (Å²) in [4.78, 5) is 27.8. The van der Waals surface area contributed by atoms with Crippen LogP contribution in [0.25, 0.3) is 0 Å². The molecule has 126 valence electrons. The zero-order valence-corrected chi connectivity index (χ0v) is 14.7. The van der Waals surface area contributed by atoms with Crippen molar-refractivity contribution in [3.8, 4) is 0 Å². The van der Waals surface area contributed by atoms with Gasteiger partial charge in [-0.15, -0.1) is 0 Å². The molecule has 0 saturated carbocycles. The SMILES string of the molecule is COC(=O)c1cc(NC(=O)CCSCc2ccccn2)ccc1Cl. The van der Waals surface area contributed by atoms with E-state index in [1.54, 1.807) is 30.1 Å². The maximum atomic E-state index is 12.0. The highest BCUT2D eigenvalue weighted by Gasteiger charge is 2.12. The van der Waals surface area contributed by atoms with E-state index >= 15 is 0 Å². The first-order chi connectivity index (χ1) is 11.6. The number of esters is 1. The third kappa shape index (κ3) is 5.54. The number of hydrogen-bond donors (Lipinski definition) is 1. The summed E-state index contributed by atoms with van der Waals surface area (Å²) in [5.41, 5.74) is 1.73. The van der Waals surface area contributed by atoms with Crippen LogP contribution in [0.1, 0.15) is 22.5 Å². The number of hydrogen-bond acceptors (Lipinski definition) is 5. The van der Waals surface area contributed by atoms with E-state index in [0.29, 0.717) is 17.9 Å². The highest BCUT2D eigenvalue weighted by molar-refractivity contribution is 7.98. The summed E-state index contributed by atoms with van der Waals surface area (Å²) in [6.45, 7) is 0. The first-order valence-corrected chi connectivity index (χ1v) is 8.79. The van der Waals surface area contributed by atoms with Crippen molar-refractivity contribution in [3.63, 3.8) is 0 Å². The van der Waals surface area contributed by atoms with Crippen molar-refractivity contribution < 1.29 is 14.3 Å². The van der Waals surface area contributed by atoms with Crippen molar-refractivity contribution in [2.24, 2.45) is 0 Å². The van der Waals surface area contributed by atoms with Crippen LogP contribution in [-0.2, 0) is 15.3 Å². The van der Waals surface area contributed by atoms with E-state index < -0.39 is 5.97 Å². The molecule has 0 radical (unpaired) electrons. The number of halogens is 1. The molecule has 0 unspecified atom stereocenters. The Kier molecular flexibility index (Phi) is 7.08. The molecule has 1 heterocycles. The Bertz CT molecular complexity index is 710. The van der Waals surface area contributed by atoms with Crippen LogP contribution < -0.4 is 5.32 Å². The molecule has 7 heteroatoms. The number of benzene rings is 1. The van der Waals surface area contributed by atoms with Gasteiger partial charge in [-0.3, -0.25) is 9.78 Å². The second kappa shape index (κ2) is 9.30. The van der Waals surface area contributed by atoms with Crippen LogP contribution in [0.15, 0.2) is 42.6 Å². The van der Waals surface area contributed by atoms with E-state index in [1.807, 2.05) is 18.2 Å². The maximum absolute atomic E-state index is 12.0. The van der Waals surface area contributed by atoms with Crippen molar-refractivity contribution in [2.45, 2.75) is 12.2 Å². The molecule has 0 spiro atoms. The lowest BCUT2D eigenvalue weighted by Crippen LogP contribution is -2.13. The first kappa shape index (κ1) is 18.3. The topological polar surface area (TPSA) is 68.3 Å². The Labute approximate surface area is 149 Å². The van der Waals surface area contributed by atoms with Crippen molar-refractivity contribution in [2.75, 3.05) is 18.2 Å². The Morgan fingerprint density at radius 2 is 2.12 bits per heavy atom. The number of amides is 1. The maximum Gasteiger partial charge on any atom is 0.339 e. The molecule has 1 aromatic carbocycles. The summed E-state index contributed by atoms with van der Waals surface area (Å²) >= 11 is 7.59. The van der Waals surface area contributed by atoms with Crippen molar-refractivity contribution in [1.82, 2.24) is 4.98 Å². The van der Waals surface area contributed by atoms with Crippen molar-refractivity contribution >= 4 is 40.9 Å². The van der Waals surface area contributed by atoms with Crippen LogP contribution in [0.3, 0.4) is 0 Å². The molecule has 1 amide bonds. The van der Waals surface area contributed by atoms with Crippen LogP contribution in [0.2, 0.25) is 5.02 Å². The Balaban J connectivity index is 1.81. The number of aromatic nitrogens is 1. The Hall–Kier alpha value is -2.05. The number of rotatable bonds is 7. The van der Waals surface area contributed by atoms with Gasteiger partial charge < -0.3 is 10.1 Å². The Morgan fingerprint density at radius 1 is 1.29 bits per heavy atom. The van der Waals surface area contributed by atoms with Gasteiger partial charge in [-0.1, -0.05) is 17.7 Å². The van der Waals surface area contributed by atoms with E-state index in [4.69, 9.17) is 11.6 Å². The predicted octanol–water partition coefficient (Wildman–Crippen LogP) is 3.78. The van der Waals surface area contributed by atoms with Gasteiger partial charge in [0.1, 0.15) is 0 Å². The average molecular weight is 365 g/mol. The zero-order chi connectivity index (χ0) is 17.4. The summed E-state index contributed by atoms with van der Waals surface area (Å²) < 4.78 is 4.65. The molecule has 5 nitrogen and oxygen atoms in total. The molecule has 0 bridgehead atoms. The van der Waals surface area contributed by atoms with E-state index in [2.05, 4.69) is 15.0 Å². The summed E-state index contributed by atoms with van der Waals surface area (Å²) in [6.07, 6.45) is 2.12. The second-order valence-electron chi connectivity index (χ2n) is 4.86. The lowest BCUT2D eigenvalue weighted by atomic mass is 10.2. The minimum absolute atomic E-state index is 0.123. The van der Waals surface area contributed by atoms with Gasteiger partial charge >= 0.3 is 5.97 Å². The summed E-state index contributed by atoms with van der Waals surface area (Å²) in [5.74, 6) is 0.783. The lowest BCUT2D eigenvalue weighted by molar-refractivity contribution is -0.115. The van der Waals surface area contributed by atoms with Gasteiger partial charge in [-0.25, -0.2) is 4.79 Å². The largest absolute Gasteiger partial charge is 0.465 e. The number of nitrogens with one attached hydrogen (secondary N) is 1. The number of nitrogens with zero attached hydrogens (tertiary/aromatic N) is 1. The van der Waals surface area contributed by atoms with Gasteiger partial charge in [0, 0.05) is 29.8 Å². The third-order valence-corrected chi connectivity index (χ3v) is 4.43. The average Bonchev–Trinajstić information content (AvgIpc) is 2.60. The number of methoxy groups -OCH3 is 1. The number of anilines is 1. The van der Waals surface area contributed by atoms with Gasteiger partial charge in [0.05, 0.1) is 23.4 Å². The number of carbonyl (C=O) groups excluding carboxylic acids is 2. The Morgan fingerprint density at radius 3 is 2.83 bits per heavy atom. The number of carbonyl (C=O) groups is 2. The van der Waals surface area contributed by atoms with Crippen LogP contribution in [0, 0.1) is 0 Å². The van der Waals surface area contributed by atoms with Gasteiger partial charge in [-0.2, -0.15) is 11.8 Å². The second-order valence-corrected chi connectivity index (χ2v) is 6.37. The molecule has 0 aliphatic carbocycles. The van der Waals surface area contributed by atoms with Crippen LogP contribution in [0.5, 0.6) is 0 Å². The van der Waals surface area contributed by atoms with Gasteiger partial charge in [0.2, 0.25) is 5.91 Å². The van der Waals surface area contributed by atoms with Crippen molar-refractivity contribution in [1.29, 1.82) is 0 Å². The molecule has 2 rings (SSSR count). The normalized spacial score (nSPS) is 10.2. The fourth-order valence-electron chi connectivity index (χ4n) is 1.92. The monoisotopic (exact) mass is 364 g/mol. The van der Waals surface area contributed by atoms with E-state index in [1.165, 1.54) is 13.2 Å². The number of pyridine rings is 1. The molecule has 0 aliphatic rings. The fraction of sp³-hybridized carbons (Fsp3) is 0.235. The molecular weight excluding hydrogens is 348 g/mol. The molecule has 0 fully saturated rings. The molecule has 2 aromatic rings.